The average Bonchev–Trinajstić information content (AvgIpc) is 2.46. The van der Waals surface area contributed by atoms with E-state index in [-0.39, 0.29) is 6.04 Å². The predicted octanol–water partition coefficient (Wildman–Crippen LogP) is 4.00. The first kappa shape index (κ1) is 12.4. The Morgan fingerprint density at radius 2 is 2.16 bits per heavy atom. The topological polar surface area (TPSA) is 30.5 Å². The van der Waals surface area contributed by atoms with Crippen LogP contribution in [0.1, 0.15) is 11.6 Å². The van der Waals surface area contributed by atoms with Gasteiger partial charge in [0.1, 0.15) is 18.1 Å². The molecular weight excluding hydrogens is 306 g/mol. The van der Waals surface area contributed by atoms with Crippen molar-refractivity contribution in [3.8, 4) is 11.5 Å². The van der Waals surface area contributed by atoms with E-state index in [0.29, 0.717) is 6.61 Å². The van der Waals surface area contributed by atoms with Crippen LogP contribution >= 0.6 is 15.9 Å². The van der Waals surface area contributed by atoms with Gasteiger partial charge < -0.3 is 14.8 Å². The van der Waals surface area contributed by atoms with Crippen LogP contribution in [0.5, 0.6) is 11.5 Å². The number of fused-ring (bicyclic) bond motifs is 1. The maximum absolute atomic E-state index is 5.81. The second-order valence-corrected chi connectivity index (χ2v) is 5.34. The molecule has 0 saturated heterocycles. The van der Waals surface area contributed by atoms with E-state index in [1.165, 1.54) is 0 Å². The molecule has 1 aliphatic heterocycles. The third-order valence-electron chi connectivity index (χ3n) is 3.18. The molecule has 1 N–H and O–H groups in total. The van der Waals surface area contributed by atoms with Crippen molar-refractivity contribution in [3.05, 3.63) is 52.5 Å². The molecule has 3 nitrogen and oxygen atoms in total. The first-order chi connectivity index (χ1) is 9.26. The summed E-state index contributed by atoms with van der Waals surface area (Å²) in [5, 5.41) is 3.49. The summed E-state index contributed by atoms with van der Waals surface area (Å²) in [5.41, 5.74) is 2.18. The summed E-state index contributed by atoms with van der Waals surface area (Å²) in [6.07, 6.45) is 0. The number of ether oxygens (including phenoxy) is 2. The van der Waals surface area contributed by atoms with Crippen LogP contribution in [0.4, 0.5) is 5.69 Å². The van der Waals surface area contributed by atoms with Gasteiger partial charge in [0.2, 0.25) is 0 Å². The standard InChI is InChI=1S/C15H14BrNO2/c1-18-12-4-2-3-10(7-12)14-9-19-15-8-11(16)5-6-13(15)17-14/h2-8,14,17H,9H2,1H3. The van der Waals surface area contributed by atoms with E-state index in [9.17, 15) is 0 Å². The maximum atomic E-state index is 5.81. The van der Waals surface area contributed by atoms with Crippen LogP contribution in [-0.4, -0.2) is 13.7 Å². The Bertz CT molecular complexity index is 600. The van der Waals surface area contributed by atoms with Gasteiger partial charge in [-0.3, -0.25) is 0 Å². The van der Waals surface area contributed by atoms with E-state index in [0.717, 1.165) is 27.2 Å². The summed E-state index contributed by atoms with van der Waals surface area (Å²) in [6.45, 7) is 0.608. The Hall–Kier alpha value is -1.68. The van der Waals surface area contributed by atoms with Crippen LogP contribution in [0.2, 0.25) is 0 Å². The zero-order chi connectivity index (χ0) is 13.2. The molecule has 2 aromatic carbocycles. The van der Waals surface area contributed by atoms with Gasteiger partial charge in [0.15, 0.2) is 0 Å². The van der Waals surface area contributed by atoms with Crippen molar-refractivity contribution in [2.24, 2.45) is 0 Å². The number of nitrogens with one attached hydrogen (secondary N) is 1. The fourth-order valence-corrected chi connectivity index (χ4v) is 2.52. The lowest BCUT2D eigenvalue weighted by Gasteiger charge is -2.28. The minimum absolute atomic E-state index is 0.142. The third-order valence-corrected chi connectivity index (χ3v) is 3.67. The molecule has 2 aromatic rings. The van der Waals surface area contributed by atoms with E-state index in [4.69, 9.17) is 9.47 Å². The van der Waals surface area contributed by atoms with Gasteiger partial charge in [-0.05, 0) is 35.9 Å². The number of anilines is 1. The molecule has 1 atom stereocenters. The molecule has 0 spiro atoms. The van der Waals surface area contributed by atoms with Crippen LogP contribution in [0.3, 0.4) is 0 Å². The highest BCUT2D eigenvalue weighted by molar-refractivity contribution is 9.10. The molecule has 0 aromatic heterocycles. The molecule has 3 rings (SSSR count). The Morgan fingerprint density at radius 3 is 3.00 bits per heavy atom. The van der Waals surface area contributed by atoms with E-state index >= 15 is 0 Å². The second kappa shape index (κ2) is 5.13. The fourth-order valence-electron chi connectivity index (χ4n) is 2.18. The summed E-state index contributed by atoms with van der Waals surface area (Å²) in [7, 11) is 1.68. The number of methoxy groups -OCH3 is 1. The van der Waals surface area contributed by atoms with Crippen molar-refractivity contribution in [1.82, 2.24) is 0 Å². The number of halogens is 1. The van der Waals surface area contributed by atoms with Crippen molar-refractivity contribution in [2.45, 2.75) is 6.04 Å². The molecule has 0 radical (unpaired) electrons. The molecule has 0 amide bonds. The van der Waals surface area contributed by atoms with Crippen molar-refractivity contribution < 1.29 is 9.47 Å². The number of rotatable bonds is 2. The SMILES string of the molecule is COc1cccc(C2COc3cc(Br)ccc3N2)c1. The lowest BCUT2D eigenvalue weighted by Crippen LogP contribution is -2.23. The minimum Gasteiger partial charge on any atom is -0.497 e. The zero-order valence-electron chi connectivity index (χ0n) is 10.5. The largest absolute Gasteiger partial charge is 0.497 e. The van der Waals surface area contributed by atoms with Crippen LogP contribution < -0.4 is 14.8 Å². The van der Waals surface area contributed by atoms with E-state index in [1.54, 1.807) is 7.11 Å². The molecule has 1 heterocycles. The lowest BCUT2D eigenvalue weighted by atomic mass is 10.1. The zero-order valence-corrected chi connectivity index (χ0v) is 12.1. The van der Waals surface area contributed by atoms with E-state index < -0.39 is 0 Å². The molecule has 0 bridgehead atoms. The first-order valence-electron chi connectivity index (χ1n) is 6.09. The minimum atomic E-state index is 0.142. The molecule has 4 heteroatoms. The fraction of sp³-hybridized carbons (Fsp3) is 0.200. The first-order valence-corrected chi connectivity index (χ1v) is 6.88. The Morgan fingerprint density at radius 1 is 1.26 bits per heavy atom. The van der Waals surface area contributed by atoms with Gasteiger partial charge in [0.25, 0.3) is 0 Å². The van der Waals surface area contributed by atoms with Gasteiger partial charge in [-0.1, -0.05) is 28.1 Å². The monoisotopic (exact) mass is 319 g/mol. The van der Waals surface area contributed by atoms with Crippen LogP contribution in [0, 0.1) is 0 Å². The summed E-state index contributed by atoms with van der Waals surface area (Å²) in [4.78, 5) is 0. The van der Waals surface area contributed by atoms with Gasteiger partial charge in [-0.2, -0.15) is 0 Å². The van der Waals surface area contributed by atoms with Gasteiger partial charge in [-0.25, -0.2) is 0 Å². The molecule has 1 unspecified atom stereocenters. The predicted molar refractivity (Wildman–Crippen MR) is 79.0 cm³/mol. The van der Waals surface area contributed by atoms with E-state index in [2.05, 4.69) is 27.3 Å². The highest BCUT2D eigenvalue weighted by Crippen LogP contribution is 2.36. The molecule has 0 fully saturated rings. The van der Waals surface area contributed by atoms with Gasteiger partial charge in [0, 0.05) is 4.47 Å². The van der Waals surface area contributed by atoms with Gasteiger partial charge in [0.05, 0.1) is 18.8 Å². The highest BCUT2D eigenvalue weighted by atomic mass is 79.9. The van der Waals surface area contributed by atoms with Crippen LogP contribution in [0.25, 0.3) is 0 Å². The van der Waals surface area contributed by atoms with Crippen molar-refractivity contribution in [2.75, 3.05) is 19.0 Å². The Balaban J connectivity index is 1.86. The average molecular weight is 320 g/mol. The van der Waals surface area contributed by atoms with Crippen molar-refractivity contribution in [3.63, 3.8) is 0 Å². The molecular formula is C15H14BrNO2. The Labute approximate surface area is 120 Å². The molecule has 1 aliphatic rings. The molecule has 0 aliphatic carbocycles. The molecule has 98 valence electrons. The van der Waals surface area contributed by atoms with Crippen molar-refractivity contribution >= 4 is 21.6 Å². The van der Waals surface area contributed by atoms with Crippen LogP contribution in [-0.2, 0) is 0 Å². The van der Waals surface area contributed by atoms with Gasteiger partial charge >= 0.3 is 0 Å². The summed E-state index contributed by atoms with van der Waals surface area (Å²) in [5.74, 6) is 1.74. The second-order valence-electron chi connectivity index (χ2n) is 4.43. The maximum Gasteiger partial charge on any atom is 0.143 e. The van der Waals surface area contributed by atoms with Crippen molar-refractivity contribution in [1.29, 1.82) is 0 Å². The number of hydrogen-bond acceptors (Lipinski definition) is 3. The molecule has 19 heavy (non-hydrogen) atoms. The third kappa shape index (κ3) is 2.54. The number of hydrogen-bond donors (Lipinski definition) is 1. The smallest absolute Gasteiger partial charge is 0.143 e. The van der Waals surface area contributed by atoms with Gasteiger partial charge in [-0.15, -0.1) is 0 Å². The van der Waals surface area contributed by atoms with E-state index in [1.807, 2.05) is 36.4 Å². The quantitative estimate of drug-likeness (QED) is 0.907. The van der Waals surface area contributed by atoms with Crippen LogP contribution in [0.15, 0.2) is 46.9 Å². The normalized spacial score (nSPS) is 17.1. The highest BCUT2D eigenvalue weighted by Gasteiger charge is 2.20. The lowest BCUT2D eigenvalue weighted by molar-refractivity contribution is 0.286. The Kier molecular flexibility index (Phi) is 3.34. The summed E-state index contributed by atoms with van der Waals surface area (Å²) in [6, 6.07) is 14.2. The summed E-state index contributed by atoms with van der Waals surface area (Å²) < 4.78 is 12.1. The summed E-state index contributed by atoms with van der Waals surface area (Å²) >= 11 is 3.44. The molecule has 0 saturated carbocycles. The number of benzene rings is 2.